The smallest absolute Gasteiger partial charge is 0.210 e. The van der Waals surface area contributed by atoms with Crippen molar-refractivity contribution >= 4 is 48.9 Å². The van der Waals surface area contributed by atoms with Gasteiger partial charge in [-0.3, -0.25) is 0 Å². The standard InChI is InChI=1S/C12H19BrClNO2S2/c1-8-10(5-11(13)18-8)19(16,17)15-7-9(14)6-12(2,3)4/h5,9,15H,6-7H2,1-4H3. The van der Waals surface area contributed by atoms with Crippen LogP contribution in [0.2, 0.25) is 0 Å². The Labute approximate surface area is 132 Å². The zero-order valence-electron chi connectivity index (χ0n) is 11.5. The second-order valence-corrected chi connectivity index (χ2v) is 10.7. The van der Waals surface area contributed by atoms with Crippen LogP contribution in [0.1, 0.15) is 32.1 Å². The number of hydrogen-bond donors (Lipinski definition) is 1. The first-order chi connectivity index (χ1) is 8.51. The minimum atomic E-state index is -3.47. The van der Waals surface area contributed by atoms with Crippen LogP contribution >= 0.6 is 38.9 Å². The van der Waals surface area contributed by atoms with Crippen molar-refractivity contribution in [2.75, 3.05) is 6.54 Å². The van der Waals surface area contributed by atoms with Gasteiger partial charge in [0.1, 0.15) is 0 Å². The second-order valence-electron chi connectivity index (χ2n) is 5.68. The Morgan fingerprint density at radius 3 is 2.47 bits per heavy atom. The lowest BCUT2D eigenvalue weighted by atomic mass is 9.90. The van der Waals surface area contributed by atoms with Crippen molar-refractivity contribution in [2.24, 2.45) is 5.41 Å². The molecule has 1 unspecified atom stereocenters. The third-order valence-corrected chi connectivity index (χ3v) is 6.00. The van der Waals surface area contributed by atoms with Gasteiger partial charge in [0.05, 0.1) is 8.68 Å². The van der Waals surface area contributed by atoms with Gasteiger partial charge in [-0.2, -0.15) is 0 Å². The summed E-state index contributed by atoms with van der Waals surface area (Å²) in [7, 11) is -3.47. The molecule has 1 rings (SSSR count). The van der Waals surface area contributed by atoms with Gasteiger partial charge in [0, 0.05) is 16.8 Å². The fourth-order valence-electron chi connectivity index (χ4n) is 1.71. The molecular weight excluding hydrogens is 370 g/mol. The molecule has 3 nitrogen and oxygen atoms in total. The summed E-state index contributed by atoms with van der Waals surface area (Å²) in [4.78, 5) is 1.09. The highest BCUT2D eigenvalue weighted by Crippen LogP contribution is 2.29. The molecule has 0 saturated carbocycles. The molecule has 0 fully saturated rings. The van der Waals surface area contributed by atoms with Crippen LogP contribution in [-0.2, 0) is 10.0 Å². The molecule has 0 radical (unpaired) electrons. The molecule has 0 bridgehead atoms. The lowest BCUT2D eigenvalue weighted by Crippen LogP contribution is -2.31. The molecule has 0 amide bonds. The number of thiophene rings is 1. The highest BCUT2D eigenvalue weighted by Gasteiger charge is 2.22. The molecule has 0 spiro atoms. The number of sulfonamides is 1. The third-order valence-electron chi connectivity index (χ3n) is 2.46. The molecule has 110 valence electrons. The topological polar surface area (TPSA) is 46.2 Å². The van der Waals surface area contributed by atoms with Crippen LogP contribution in [0.5, 0.6) is 0 Å². The van der Waals surface area contributed by atoms with Crippen molar-refractivity contribution in [3.05, 3.63) is 14.7 Å². The van der Waals surface area contributed by atoms with Crippen molar-refractivity contribution in [1.29, 1.82) is 0 Å². The second kappa shape index (κ2) is 6.43. The highest BCUT2D eigenvalue weighted by molar-refractivity contribution is 9.11. The van der Waals surface area contributed by atoms with Gasteiger partial charge in [0.25, 0.3) is 0 Å². The van der Waals surface area contributed by atoms with E-state index < -0.39 is 10.0 Å². The van der Waals surface area contributed by atoms with Crippen LogP contribution in [0.3, 0.4) is 0 Å². The summed E-state index contributed by atoms with van der Waals surface area (Å²) < 4.78 is 27.7. The fourth-order valence-corrected chi connectivity index (χ4v) is 5.84. The zero-order valence-corrected chi connectivity index (χ0v) is 15.4. The molecule has 0 saturated heterocycles. The van der Waals surface area contributed by atoms with E-state index in [1.807, 2.05) is 0 Å². The van der Waals surface area contributed by atoms with Crippen molar-refractivity contribution in [3.63, 3.8) is 0 Å². The molecule has 19 heavy (non-hydrogen) atoms. The van der Waals surface area contributed by atoms with E-state index in [0.29, 0.717) is 4.90 Å². The molecule has 0 aliphatic heterocycles. The van der Waals surface area contributed by atoms with Gasteiger partial charge in [0.15, 0.2) is 0 Å². The molecule has 0 aliphatic rings. The SMILES string of the molecule is Cc1sc(Br)cc1S(=O)(=O)NCC(Cl)CC(C)(C)C. The fraction of sp³-hybridized carbons (Fsp3) is 0.667. The first kappa shape index (κ1) is 17.4. The Balaban J connectivity index is 2.69. The Morgan fingerprint density at radius 2 is 2.05 bits per heavy atom. The number of aryl methyl sites for hydroxylation is 1. The number of halogens is 2. The molecule has 7 heteroatoms. The Hall–Kier alpha value is 0.380. The van der Waals surface area contributed by atoms with Gasteiger partial charge >= 0.3 is 0 Å². The van der Waals surface area contributed by atoms with Crippen LogP contribution in [0.4, 0.5) is 0 Å². The van der Waals surface area contributed by atoms with Crippen molar-refractivity contribution in [1.82, 2.24) is 4.72 Å². The van der Waals surface area contributed by atoms with Gasteiger partial charge in [-0.15, -0.1) is 22.9 Å². The average Bonchev–Trinajstić information content (AvgIpc) is 2.53. The predicted octanol–water partition coefficient (Wildman–Crippen LogP) is 4.14. The summed E-state index contributed by atoms with van der Waals surface area (Å²) in [6, 6.07) is 1.62. The first-order valence-electron chi connectivity index (χ1n) is 5.91. The van der Waals surface area contributed by atoms with Crippen LogP contribution in [0.25, 0.3) is 0 Å². The number of nitrogens with one attached hydrogen (secondary N) is 1. The molecule has 1 N–H and O–H groups in total. The maximum Gasteiger partial charge on any atom is 0.241 e. The number of alkyl halides is 1. The average molecular weight is 389 g/mol. The van der Waals surface area contributed by atoms with E-state index >= 15 is 0 Å². The number of hydrogen-bond acceptors (Lipinski definition) is 3. The van der Waals surface area contributed by atoms with E-state index in [2.05, 4.69) is 41.4 Å². The maximum absolute atomic E-state index is 12.2. The van der Waals surface area contributed by atoms with Gasteiger partial charge in [0.2, 0.25) is 10.0 Å². The summed E-state index contributed by atoms with van der Waals surface area (Å²) in [6.45, 7) is 8.27. The van der Waals surface area contributed by atoms with Crippen molar-refractivity contribution in [3.8, 4) is 0 Å². The molecular formula is C12H19BrClNO2S2. The Bertz CT molecular complexity index is 534. The van der Waals surface area contributed by atoms with Crippen molar-refractivity contribution in [2.45, 2.75) is 44.4 Å². The van der Waals surface area contributed by atoms with Gasteiger partial charge < -0.3 is 0 Å². The molecule has 1 heterocycles. The minimum absolute atomic E-state index is 0.0825. The maximum atomic E-state index is 12.2. The Morgan fingerprint density at radius 1 is 1.47 bits per heavy atom. The van der Waals surface area contributed by atoms with Gasteiger partial charge in [-0.05, 0) is 40.8 Å². The van der Waals surface area contributed by atoms with E-state index in [9.17, 15) is 8.42 Å². The largest absolute Gasteiger partial charge is 0.241 e. The summed E-state index contributed by atoms with van der Waals surface area (Å²) in [5, 5.41) is -0.211. The third kappa shape index (κ3) is 5.71. The van der Waals surface area contributed by atoms with E-state index in [4.69, 9.17) is 11.6 Å². The van der Waals surface area contributed by atoms with Crippen LogP contribution in [0.15, 0.2) is 14.7 Å². The van der Waals surface area contributed by atoms with E-state index in [-0.39, 0.29) is 17.3 Å². The van der Waals surface area contributed by atoms with Crippen molar-refractivity contribution < 1.29 is 8.42 Å². The van der Waals surface area contributed by atoms with E-state index in [1.54, 1.807) is 13.0 Å². The monoisotopic (exact) mass is 387 g/mol. The predicted molar refractivity (Wildman–Crippen MR) is 85.7 cm³/mol. The van der Waals surface area contributed by atoms with Gasteiger partial charge in [-0.1, -0.05) is 20.8 Å². The highest BCUT2D eigenvalue weighted by atomic mass is 79.9. The molecule has 0 aromatic carbocycles. The van der Waals surface area contributed by atoms with E-state index in [1.165, 1.54) is 11.3 Å². The molecule has 1 atom stereocenters. The minimum Gasteiger partial charge on any atom is -0.210 e. The lowest BCUT2D eigenvalue weighted by Gasteiger charge is -2.21. The van der Waals surface area contributed by atoms with E-state index in [0.717, 1.165) is 15.1 Å². The summed E-state index contributed by atoms with van der Waals surface area (Å²) in [5.74, 6) is 0. The van der Waals surface area contributed by atoms with Gasteiger partial charge in [-0.25, -0.2) is 13.1 Å². The first-order valence-corrected chi connectivity index (χ1v) is 9.44. The summed E-state index contributed by atoms with van der Waals surface area (Å²) >= 11 is 10.9. The van der Waals surface area contributed by atoms with Crippen LogP contribution in [0, 0.1) is 12.3 Å². The Kier molecular flexibility index (Phi) is 5.90. The lowest BCUT2D eigenvalue weighted by molar-refractivity contribution is 0.369. The quantitative estimate of drug-likeness (QED) is 0.770. The summed E-state index contributed by atoms with van der Waals surface area (Å²) in [6.07, 6.45) is 0.753. The van der Waals surface area contributed by atoms with Crippen LogP contribution < -0.4 is 4.72 Å². The normalized spacial score (nSPS) is 14.6. The van der Waals surface area contributed by atoms with Crippen LogP contribution in [-0.4, -0.2) is 20.3 Å². The molecule has 0 aliphatic carbocycles. The number of rotatable bonds is 5. The molecule has 1 aromatic rings. The molecule has 1 aromatic heterocycles. The zero-order chi connectivity index (χ0) is 14.8. The summed E-state index contributed by atoms with van der Waals surface area (Å²) in [5.41, 5.74) is 0.0825.